The van der Waals surface area contributed by atoms with Gasteiger partial charge in [-0.25, -0.2) is 0 Å². The number of hydrogen-bond donors (Lipinski definition) is 1. The summed E-state index contributed by atoms with van der Waals surface area (Å²) in [5, 5.41) is 0. The lowest BCUT2D eigenvalue weighted by Crippen LogP contribution is -3.10. The largest absolute Gasteiger partial charge is 0.335 e. The number of hydrogen-bond acceptors (Lipinski definition) is 0. The number of rotatable bonds is 5. The van der Waals surface area contributed by atoms with Crippen LogP contribution in [0.1, 0.15) is 46.0 Å². The van der Waals surface area contributed by atoms with Crippen molar-refractivity contribution < 1.29 is 4.90 Å². The zero-order valence-corrected chi connectivity index (χ0v) is 8.73. The molecule has 0 amide bonds. The monoisotopic (exact) mass is 170 g/mol. The van der Waals surface area contributed by atoms with E-state index in [0.29, 0.717) is 0 Å². The lowest BCUT2D eigenvalue weighted by atomic mass is 10.2. The van der Waals surface area contributed by atoms with Crippen LogP contribution in [0.15, 0.2) is 0 Å². The van der Waals surface area contributed by atoms with Gasteiger partial charge in [-0.1, -0.05) is 26.7 Å². The molecule has 1 saturated heterocycles. The van der Waals surface area contributed by atoms with Crippen molar-refractivity contribution in [1.82, 2.24) is 0 Å². The molecule has 1 N–H and O–H groups in total. The van der Waals surface area contributed by atoms with E-state index in [0.717, 1.165) is 5.92 Å². The molecule has 0 radical (unpaired) electrons. The summed E-state index contributed by atoms with van der Waals surface area (Å²) in [5.41, 5.74) is 0. The average Bonchev–Trinajstić information content (AvgIpc) is 2.45. The van der Waals surface area contributed by atoms with Crippen LogP contribution < -0.4 is 4.90 Å². The van der Waals surface area contributed by atoms with Gasteiger partial charge in [0.2, 0.25) is 0 Å². The molecular formula is C11H24N+. The maximum atomic E-state index is 2.39. The molecule has 0 aromatic carbocycles. The van der Waals surface area contributed by atoms with E-state index in [1.807, 2.05) is 4.90 Å². The van der Waals surface area contributed by atoms with E-state index in [9.17, 15) is 0 Å². The summed E-state index contributed by atoms with van der Waals surface area (Å²) in [7, 11) is 0. The summed E-state index contributed by atoms with van der Waals surface area (Å²) < 4.78 is 0. The van der Waals surface area contributed by atoms with E-state index < -0.39 is 0 Å². The second-order valence-corrected chi connectivity index (χ2v) is 4.41. The minimum Gasteiger partial charge on any atom is -0.335 e. The van der Waals surface area contributed by atoms with Crippen molar-refractivity contribution in [2.45, 2.75) is 46.0 Å². The fourth-order valence-corrected chi connectivity index (χ4v) is 2.18. The van der Waals surface area contributed by atoms with Crippen LogP contribution in [0.5, 0.6) is 0 Å². The molecule has 1 fully saturated rings. The first kappa shape index (κ1) is 10.0. The maximum Gasteiger partial charge on any atom is 0.0799 e. The minimum absolute atomic E-state index is 0.992. The highest BCUT2D eigenvalue weighted by molar-refractivity contribution is 4.55. The summed E-state index contributed by atoms with van der Waals surface area (Å²) >= 11 is 0. The molecule has 1 heteroatoms. The van der Waals surface area contributed by atoms with E-state index in [-0.39, 0.29) is 0 Å². The molecule has 0 aromatic rings. The summed E-state index contributed by atoms with van der Waals surface area (Å²) in [4.78, 5) is 1.86. The van der Waals surface area contributed by atoms with Gasteiger partial charge in [0, 0.05) is 12.3 Å². The molecule has 1 rings (SSSR count). The summed E-state index contributed by atoms with van der Waals surface area (Å²) in [5.74, 6) is 0.992. The van der Waals surface area contributed by atoms with E-state index in [1.165, 1.54) is 51.7 Å². The van der Waals surface area contributed by atoms with Crippen LogP contribution in [0.3, 0.4) is 0 Å². The van der Waals surface area contributed by atoms with E-state index >= 15 is 0 Å². The highest BCUT2D eigenvalue weighted by Crippen LogP contribution is 2.02. The molecule has 1 aliphatic rings. The van der Waals surface area contributed by atoms with Gasteiger partial charge in [-0.2, -0.15) is 0 Å². The molecule has 0 aliphatic carbocycles. The molecule has 0 saturated carbocycles. The Bertz CT molecular complexity index is 112. The Labute approximate surface area is 77.1 Å². The molecule has 12 heavy (non-hydrogen) atoms. The van der Waals surface area contributed by atoms with Gasteiger partial charge in [0.25, 0.3) is 0 Å². The smallest absolute Gasteiger partial charge is 0.0799 e. The molecule has 2 unspecified atom stereocenters. The first-order chi connectivity index (χ1) is 5.83. The maximum absolute atomic E-state index is 2.39. The molecule has 2 atom stereocenters. The van der Waals surface area contributed by atoms with Crippen LogP contribution in [0.4, 0.5) is 0 Å². The van der Waals surface area contributed by atoms with Gasteiger partial charge in [-0.3, -0.25) is 0 Å². The van der Waals surface area contributed by atoms with Crippen LogP contribution in [-0.4, -0.2) is 19.6 Å². The van der Waals surface area contributed by atoms with E-state index in [1.54, 1.807) is 0 Å². The van der Waals surface area contributed by atoms with Crippen LogP contribution in [0, 0.1) is 5.92 Å². The molecule has 0 bridgehead atoms. The van der Waals surface area contributed by atoms with Crippen molar-refractivity contribution in [3.8, 4) is 0 Å². The minimum atomic E-state index is 0.992. The topological polar surface area (TPSA) is 4.44 Å². The number of unbranched alkanes of at least 4 members (excludes halogenated alkanes) is 3. The molecule has 1 aliphatic heterocycles. The third kappa shape index (κ3) is 3.57. The van der Waals surface area contributed by atoms with Crippen LogP contribution >= 0.6 is 0 Å². The Morgan fingerprint density at radius 3 is 2.67 bits per heavy atom. The summed E-state index contributed by atoms with van der Waals surface area (Å²) in [6.07, 6.45) is 7.17. The number of nitrogens with one attached hydrogen (secondary N) is 1. The van der Waals surface area contributed by atoms with Crippen LogP contribution in [-0.2, 0) is 0 Å². The SMILES string of the molecule is CCCCCC[NH+]1CCC(C)C1. The first-order valence-electron chi connectivity index (χ1n) is 5.66. The van der Waals surface area contributed by atoms with Gasteiger partial charge in [-0.15, -0.1) is 0 Å². The fourth-order valence-electron chi connectivity index (χ4n) is 2.18. The Hall–Kier alpha value is -0.0400. The van der Waals surface area contributed by atoms with Gasteiger partial charge in [0.1, 0.15) is 0 Å². The van der Waals surface area contributed by atoms with E-state index in [4.69, 9.17) is 0 Å². The summed E-state index contributed by atoms with van der Waals surface area (Å²) in [6.45, 7) is 8.98. The van der Waals surface area contributed by atoms with Gasteiger partial charge in [0.15, 0.2) is 0 Å². The predicted octanol–water partition coefficient (Wildman–Crippen LogP) is 1.49. The zero-order valence-electron chi connectivity index (χ0n) is 8.73. The fraction of sp³-hybridized carbons (Fsp3) is 1.00. The predicted molar refractivity (Wildman–Crippen MR) is 53.5 cm³/mol. The van der Waals surface area contributed by atoms with Gasteiger partial charge < -0.3 is 4.90 Å². The number of quaternary nitrogens is 1. The highest BCUT2D eigenvalue weighted by Gasteiger charge is 2.21. The molecule has 0 spiro atoms. The molecule has 72 valence electrons. The lowest BCUT2D eigenvalue weighted by molar-refractivity contribution is -0.889. The Morgan fingerprint density at radius 2 is 2.08 bits per heavy atom. The van der Waals surface area contributed by atoms with Crippen LogP contribution in [0.2, 0.25) is 0 Å². The van der Waals surface area contributed by atoms with Crippen LogP contribution in [0.25, 0.3) is 0 Å². The number of likely N-dealkylation sites (tertiary alicyclic amines) is 1. The third-order valence-electron chi connectivity index (χ3n) is 3.01. The second-order valence-electron chi connectivity index (χ2n) is 4.41. The van der Waals surface area contributed by atoms with Gasteiger partial charge in [-0.05, 0) is 12.8 Å². The molecule has 1 nitrogen and oxygen atoms in total. The first-order valence-corrected chi connectivity index (χ1v) is 5.66. The summed E-state index contributed by atoms with van der Waals surface area (Å²) in [6, 6.07) is 0. The lowest BCUT2D eigenvalue weighted by Gasteiger charge is -2.11. The second kappa shape index (κ2) is 5.58. The van der Waals surface area contributed by atoms with E-state index in [2.05, 4.69) is 13.8 Å². The van der Waals surface area contributed by atoms with Crippen molar-refractivity contribution in [3.05, 3.63) is 0 Å². The standard InChI is InChI=1S/C11H23N/c1-3-4-5-6-8-12-9-7-11(2)10-12/h11H,3-10H2,1-2H3/p+1. The third-order valence-corrected chi connectivity index (χ3v) is 3.01. The molecular weight excluding hydrogens is 146 g/mol. The van der Waals surface area contributed by atoms with Gasteiger partial charge >= 0.3 is 0 Å². The normalized spacial score (nSPS) is 29.5. The molecule has 0 aromatic heterocycles. The van der Waals surface area contributed by atoms with Crippen molar-refractivity contribution in [3.63, 3.8) is 0 Å². The van der Waals surface area contributed by atoms with Gasteiger partial charge in [0.05, 0.1) is 19.6 Å². The van der Waals surface area contributed by atoms with Crippen molar-refractivity contribution in [1.29, 1.82) is 0 Å². The van der Waals surface area contributed by atoms with Crippen molar-refractivity contribution in [2.24, 2.45) is 5.92 Å². The zero-order chi connectivity index (χ0) is 8.81. The Kier molecular flexibility index (Phi) is 4.67. The Morgan fingerprint density at radius 1 is 1.25 bits per heavy atom. The average molecular weight is 170 g/mol. The molecule has 1 heterocycles. The quantitative estimate of drug-likeness (QED) is 0.596. The van der Waals surface area contributed by atoms with Crippen molar-refractivity contribution >= 4 is 0 Å². The van der Waals surface area contributed by atoms with Crippen molar-refractivity contribution in [2.75, 3.05) is 19.6 Å². The Balaban J connectivity index is 1.93. The highest BCUT2D eigenvalue weighted by atomic mass is 15.1.